The van der Waals surface area contributed by atoms with Crippen LogP contribution in [0.3, 0.4) is 0 Å². The fourth-order valence-corrected chi connectivity index (χ4v) is 1.88. The molecule has 1 aromatic heterocycles. The number of hydrogen-bond donors (Lipinski definition) is 1. The molecule has 0 atom stereocenters. The van der Waals surface area contributed by atoms with E-state index in [1.807, 2.05) is 18.2 Å². The second kappa shape index (κ2) is 4.53. The Hall–Kier alpha value is -1.91. The Morgan fingerprint density at radius 3 is 2.88 bits per heavy atom. The van der Waals surface area contributed by atoms with Crippen molar-refractivity contribution in [3.8, 4) is 0 Å². The van der Waals surface area contributed by atoms with E-state index in [1.165, 1.54) is 0 Å². The van der Waals surface area contributed by atoms with Crippen LogP contribution in [0.1, 0.15) is 19.4 Å². The number of aliphatic carboxylic acids is 1. The van der Waals surface area contributed by atoms with Gasteiger partial charge in [-0.2, -0.15) is 0 Å². The number of para-hydroxylation sites is 1. The molecule has 0 spiro atoms. The van der Waals surface area contributed by atoms with Crippen molar-refractivity contribution in [2.45, 2.75) is 26.8 Å². The summed E-state index contributed by atoms with van der Waals surface area (Å²) in [5, 5.41) is 17.0. The average Bonchev–Trinajstić information content (AvgIpc) is 2.61. The summed E-state index contributed by atoms with van der Waals surface area (Å²) in [6.45, 7) is 4.92. The molecule has 0 saturated heterocycles. The lowest BCUT2D eigenvalue weighted by Gasteiger charge is -2.07. The van der Waals surface area contributed by atoms with Crippen molar-refractivity contribution in [1.29, 1.82) is 0 Å². The lowest BCUT2D eigenvalue weighted by Crippen LogP contribution is -2.09. The summed E-state index contributed by atoms with van der Waals surface area (Å²) < 4.78 is 1.79. The molecule has 0 unspecified atom stereocenters. The van der Waals surface area contributed by atoms with Crippen molar-refractivity contribution in [1.82, 2.24) is 15.0 Å². The number of nitrogens with zero attached hydrogens (tertiary/aromatic N) is 3. The summed E-state index contributed by atoms with van der Waals surface area (Å²) in [5.74, 6) is -0.396. The minimum Gasteiger partial charge on any atom is -0.481 e. The molecule has 5 heteroatoms. The van der Waals surface area contributed by atoms with Gasteiger partial charge < -0.3 is 5.11 Å². The van der Waals surface area contributed by atoms with Crippen molar-refractivity contribution in [3.63, 3.8) is 0 Å². The fourth-order valence-electron chi connectivity index (χ4n) is 1.88. The van der Waals surface area contributed by atoms with Crippen LogP contribution in [0.15, 0.2) is 18.2 Å². The van der Waals surface area contributed by atoms with Crippen LogP contribution in [0, 0.1) is 5.92 Å². The molecule has 2 rings (SSSR count). The Labute approximate surface area is 99.1 Å². The molecule has 0 aliphatic rings. The minimum atomic E-state index is -0.838. The van der Waals surface area contributed by atoms with Crippen LogP contribution in [-0.4, -0.2) is 26.1 Å². The highest BCUT2D eigenvalue weighted by atomic mass is 16.4. The lowest BCUT2D eigenvalue weighted by molar-refractivity contribution is -0.136. The van der Waals surface area contributed by atoms with E-state index in [9.17, 15) is 4.79 Å². The molecule has 0 aliphatic heterocycles. The smallest absolute Gasteiger partial charge is 0.307 e. The molecule has 0 radical (unpaired) electrons. The van der Waals surface area contributed by atoms with E-state index in [0.717, 1.165) is 23.1 Å². The van der Waals surface area contributed by atoms with E-state index >= 15 is 0 Å². The highest BCUT2D eigenvalue weighted by Gasteiger charge is 2.12. The zero-order chi connectivity index (χ0) is 12.4. The third-order valence-corrected chi connectivity index (χ3v) is 2.50. The maximum atomic E-state index is 10.8. The highest BCUT2D eigenvalue weighted by molar-refractivity contribution is 5.83. The van der Waals surface area contributed by atoms with Gasteiger partial charge in [0.05, 0.1) is 11.9 Å². The van der Waals surface area contributed by atoms with Gasteiger partial charge in [-0.05, 0) is 17.5 Å². The van der Waals surface area contributed by atoms with E-state index in [-0.39, 0.29) is 6.42 Å². The van der Waals surface area contributed by atoms with Crippen LogP contribution < -0.4 is 0 Å². The number of carboxylic acid groups (broad SMARTS) is 1. The van der Waals surface area contributed by atoms with Crippen LogP contribution >= 0.6 is 0 Å². The Morgan fingerprint density at radius 2 is 2.24 bits per heavy atom. The summed E-state index contributed by atoms with van der Waals surface area (Å²) in [4.78, 5) is 10.8. The number of fused-ring (bicyclic) bond motifs is 1. The first-order valence-corrected chi connectivity index (χ1v) is 5.61. The van der Waals surface area contributed by atoms with Crippen LogP contribution in [-0.2, 0) is 17.8 Å². The van der Waals surface area contributed by atoms with Gasteiger partial charge in [0.15, 0.2) is 0 Å². The molecule has 90 valence electrons. The highest BCUT2D eigenvalue weighted by Crippen LogP contribution is 2.18. The molecule has 1 aromatic carbocycles. The predicted octanol–water partition coefficient (Wildman–Crippen LogP) is 1.71. The van der Waals surface area contributed by atoms with Gasteiger partial charge in [0.1, 0.15) is 5.52 Å². The third kappa shape index (κ3) is 2.43. The molecule has 1 N–H and O–H groups in total. The number of carboxylic acids is 1. The van der Waals surface area contributed by atoms with Crippen molar-refractivity contribution in [2.75, 3.05) is 0 Å². The lowest BCUT2D eigenvalue weighted by atomic mass is 10.1. The zero-order valence-electron chi connectivity index (χ0n) is 9.92. The second-order valence-corrected chi connectivity index (χ2v) is 4.52. The Balaban J connectivity index is 2.51. The molecule has 0 saturated carbocycles. The largest absolute Gasteiger partial charge is 0.481 e. The standard InChI is InChI=1S/C12H15N3O2/c1-8(2)7-15-12-9(6-11(16)17)4-3-5-10(12)13-14-15/h3-5,8H,6-7H2,1-2H3,(H,16,17). The van der Waals surface area contributed by atoms with Gasteiger partial charge in [0.2, 0.25) is 0 Å². The summed E-state index contributed by atoms with van der Waals surface area (Å²) in [7, 11) is 0. The maximum Gasteiger partial charge on any atom is 0.307 e. The van der Waals surface area contributed by atoms with Crippen molar-refractivity contribution < 1.29 is 9.90 Å². The number of benzene rings is 1. The van der Waals surface area contributed by atoms with E-state index in [1.54, 1.807) is 4.68 Å². The van der Waals surface area contributed by atoms with Crippen molar-refractivity contribution in [2.24, 2.45) is 5.92 Å². The van der Waals surface area contributed by atoms with Gasteiger partial charge in [-0.1, -0.05) is 31.2 Å². The Morgan fingerprint density at radius 1 is 1.47 bits per heavy atom. The first-order chi connectivity index (χ1) is 8.08. The Bertz CT molecular complexity index is 546. The first-order valence-electron chi connectivity index (χ1n) is 5.61. The third-order valence-electron chi connectivity index (χ3n) is 2.50. The number of carbonyl (C=O) groups is 1. The van der Waals surface area contributed by atoms with Gasteiger partial charge in [-0.25, -0.2) is 4.68 Å². The second-order valence-electron chi connectivity index (χ2n) is 4.52. The molecule has 0 aliphatic carbocycles. The van der Waals surface area contributed by atoms with Crippen LogP contribution in [0.4, 0.5) is 0 Å². The van der Waals surface area contributed by atoms with E-state index in [4.69, 9.17) is 5.11 Å². The summed E-state index contributed by atoms with van der Waals surface area (Å²) in [5.41, 5.74) is 2.36. The molecular weight excluding hydrogens is 218 g/mol. The topological polar surface area (TPSA) is 68.0 Å². The molecule has 0 bridgehead atoms. The van der Waals surface area contributed by atoms with Gasteiger partial charge in [0.25, 0.3) is 0 Å². The zero-order valence-corrected chi connectivity index (χ0v) is 9.92. The molecular formula is C12H15N3O2. The van der Waals surface area contributed by atoms with Gasteiger partial charge in [-0.15, -0.1) is 5.10 Å². The van der Waals surface area contributed by atoms with E-state index < -0.39 is 5.97 Å². The average molecular weight is 233 g/mol. The molecule has 17 heavy (non-hydrogen) atoms. The summed E-state index contributed by atoms with van der Waals surface area (Å²) in [6.07, 6.45) is 0.00279. The fraction of sp³-hybridized carbons (Fsp3) is 0.417. The maximum absolute atomic E-state index is 10.8. The molecule has 2 aromatic rings. The van der Waals surface area contributed by atoms with Crippen LogP contribution in [0.2, 0.25) is 0 Å². The molecule has 0 fully saturated rings. The van der Waals surface area contributed by atoms with Gasteiger partial charge in [-0.3, -0.25) is 4.79 Å². The summed E-state index contributed by atoms with van der Waals surface area (Å²) >= 11 is 0. The van der Waals surface area contributed by atoms with Crippen LogP contribution in [0.25, 0.3) is 11.0 Å². The molecule has 5 nitrogen and oxygen atoms in total. The van der Waals surface area contributed by atoms with E-state index in [2.05, 4.69) is 24.2 Å². The normalized spacial score (nSPS) is 11.2. The van der Waals surface area contributed by atoms with Crippen molar-refractivity contribution >= 4 is 17.0 Å². The van der Waals surface area contributed by atoms with E-state index in [0.29, 0.717) is 5.92 Å². The number of aromatic nitrogens is 3. The predicted molar refractivity (Wildman–Crippen MR) is 63.7 cm³/mol. The van der Waals surface area contributed by atoms with Crippen LogP contribution in [0.5, 0.6) is 0 Å². The van der Waals surface area contributed by atoms with Crippen molar-refractivity contribution in [3.05, 3.63) is 23.8 Å². The minimum absolute atomic E-state index is 0.00279. The first kappa shape index (κ1) is 11.6. The molecule has 1 heterocycles. The number of rotatable bonds is 4. The SMILES string of the molecule is CC(C)Cn1nnc2cccc(CC(=O)O)c21. The Kier molecular flexibility index (Phi) is 3.08. The number of hydrogen-bond acceptors (Lipinski definition) is 3. The monoisotopic (exact) mass is 233 g/mol. The molecule has 0 amide bonds. The van der Waals surface area contributed by atoms with Gasteiger partial charge >= 0.3 is 5.97 Å². The quantitative estimate of drug-likeness (QED) is 0.873. The summed E-state index contributed by atoms with van der Waals surface area (Å²) in [6, 6.07) is 5.48. The van der Waals surface area contributed by atoms with Gasteiger partial charge in [0, 0.05) is 6.54 Å².